The van der Waals surface area contributed by atoms with E-state index in [1.807, 2.05) is 54.6 Å². The largest absolute Gasteiger partial charge is 0.449 e. The van der Waals surface area contributed by atoms with Crippen LogP contribution in [0.1, 0.15) is 22.6 Å². The van der Waals surface area contributed by atoms with Gasteiger partial charge in [-0.1, -0.05) is 94.3 Å². The summed E-state index contributed by atoms with van der Waals surface area (Å²) in [6.45, 7) is 0.661. The van der Waals surface area contributed by atoms with Crippen LogP contribution in [0.2, 0.25) is 5.02 Å². The van der Waals surface area contributed by atoms with Crippen molar-refractivity contribution in [3.63, 3.8) is 0 Å². The number of carbonyl (C=O) groups excluding carboxylic acids is 1. The van der Waals surface area contributed by atoms with Gasteiger partial charge in [-0.15, -0.1) is 0 Å². The minimum atomic E-state index is -0.435. The fourth-order valence-electron chi connectivity index (χ4n) is 3.64. The molecular formula is C24H19BrClNO2. The topological polar surface area (TPSA) is 38.3 Å². The van der Waals surface area contributed by atoms with Crippen molar-refractivity contribution in [2.24, 2.45) is 0 Å². The molecule has 1 aliphatic carbocycles. The lowest BCUT2D eigenvalue weighted by Gasteiger charge is -2.14. The van der Waals surface area contributed by atoms with Gasteiger partial charge in [-0.25, -0.2) is 4.79 Å². The first-order chi connectivity index (χ1) is 14.1. The monoisotopic (exact) mass is 467 g/mol. The van der Waals surface area contributed by atoms with Crippen LogP contribution < -0.4 is 5.32 Å². The molecule has 1 N–H and O–H groups in total. The number of fused-ring (bicyclic) bond motifs is 3. The van der Waals surface area contributed by atoms with Gasteiger partial charge in [0.25, 0.3) is 0 Å². The van der Waals surface area contributed by atoms with Crippen molar-refractivity contribution in [2.75, 3.05) is 13.2 Å². The normalized spacial score (nSPS) is 12.6. The molecule has 5 heteroatoms. The molecule has 0 saturated heterocycles. The number of nitrogens with one attached hydrogen (secondary N) is 1. The van der Waals surface area contributed by atoms with Crippen molar-refractivity contribution in [1.82, 2.24) is 5.32 Å². The fraction of sp³-hybridized carbons (Fsp3) is 0.125. The number of ether oxygens (including phenoxy) is 1. The third-order valence-corrected chi connectivity index (χ3v) is 6.01. The van der Waals surface area contributed by atoms with Gasteiger partial charge in [0.1, 0.15) is 6.61 Å². The molecule has 3 aromatic carbocycles. The quantitative estimate of drug-likeness (QED) is 0.455. The maximum atomic E-state index is 12.2. The van der Waals surface area contributed by atoms with Gasteiger partial charge in [-0.05, 0) is 34.4 Å². The van der Waals surface area contributed by atoms with Crippen LogP contribution in [-0.2, 0) is 4.74 Å². The Labute approximate surface area is 183 Å². The average Bonchev–Trinajstić information content (AvgIpc) is 3.05. The second-order valence-electron chi connectivity index (χ2n) is 6.74. The number of rotatable bonds is 5. The van der Waals surface area contributed by atoms with Crippen LogP contribution in [0.3, 0.4) is 0 Å². The van der Waals surface area contributed by atoms with Crippen LogP contribution in [-0.4, -0.2) is 19.2 Å². The minimum absolute atomic E-state index is 0.0581. The third-order valence-electron chi connectivity index (χ3n) is 4.99. The van der Waals surface area contributed by atoms with Crippen LogP contribution >= 0.6 is 27.5 Å². The van der Waals surface area contributed by atoms with Gasteiger partial charge in [0.2, 0.25) is 0 Å². The zero-order valence-corrected chi connectivity index (χ0v) is 17.9. The van der Waals surface area contributed by atoms with Gasteiger partial charge < -0.3 is 10.1 Å². The predicted molar refractivity (Wildman–Crippen MR) is 121 cm³/mol. The molecular weight excluding hydrogens is 450 g/mol. The molecule has 0 atom stereocenters. The molecule has 0 unspecified atom stereocenters. The number of carbonyl (C=O) groups is 1. The molecule has 146 valence electrons. The van der Waals surface area contributed by atoms with E-state index in [1.165, 1.54) is 22.3 Å². The molecule has 29 heavy (non-hydrogen) atoms. The molecule has 1 aliphatic rings. The highest BCUT2D eigenvalue weighted by molar-refractivity contribution is 9.10. The van der Waals surface area contributed by atoms with Crippen LogP contribution in [0, 0.1) is 0 Å². The van der Waals surface area contributed by atoms with E-state index >= 15 is 0 Å². The van der Waals surface area contributed by atoms with Crippen molar-refractivity contribution in [3.05, 3.63) is 99.0 Å². The van der Waals surface area contributed by atoms with Gasteiger partial charge in [0.15, 0.2) is 0 Å². The molecule has 1 amide bonds. The van der Waals surface area contributed by atoms with E-state index in [0.29, 0.717) is 18.2 Å². The van der Waals surface area contributed by atoms with Crippen molar-refractivity contribution in [1.29, 1.82) is 0 Å². The standard InChI is InChI=1S/C24H19BrClNO2/c25-22-12-5-13-23(26)20(22)11-6-14-27-24(28)29-15-21-18-9-3-1-7-16(18)17-8-2-4-10-19(17)21/h1-13,21H,14-15H2,(H,27,28). The van der Waals surface area contributed by atoms with E-state index < -0.39 is 6.09 Å². The number of halogens is 2. The highest BCUT2D eigenvalue weighted by Gasteiger charge is 2.28. The molecule has 3 aromatic rings. The van der Waals surface area contributed by atoms with Crippen molar-refractivity contribution < 1.29 is 9.53 Å². The van der Waals surface area contributed by atoms with Crippen LogP contribution in [0.5, 0.6) is 0 Å². The summed E-state index contributed by atoms with van der Waals surface area (Å²) < 4.78 is 6.43. The van der Waals surface area contributed by atoms with Gasteiger partial charge in [-0.3, -0.25) is 0 Å². The summed E-state index contributed by atoms with van der Waals surface area (Å²) in [5, 5.41) is 3.41. The lowest BCUT2D eigenvalue weighted by Crippen LogP contribution is -2.26. The summed E-state index contributed by atoms with van der Waals surface area (Å²) in [5.74, 6) is 0.0581. The van der Waals surface area contributed by atoms with Crippen LogP contribution in [0.15, 0.2) is 77.3 Å². The molecule has 3 nitrogen and oxygen atoms in total. The van der Waals surface area contributed by atoms with E-state index in [4.69, 9.17) is 16.3 Å². The van der Waals surface area contributed by atoms with Crippen molar-refractivity contribution in [3.8, 4) is 11.1 Å². The predicted octanol–water partition coefficient (Wildman–Crippen LogP) is 6.65. The van der Waals surface area contributed by atoms with Gasteiger partial charge in [-0.2, -0.15) is 0 Å². The second-order valence-corrected chi connectivity index (χ2v) is 8.01. The first-order valence-electron chi connectivity index (χ1n) is 9.34. The Morgan fingerprint density at radius 1 is 1.00 bits per heavy atom. The molecule has 0 radical (unpaired) electrons. The molecule has 4 rings (SSSR count). The fourth-order valence-corrected chi connectivity index (χ4v) is 4.49. The summed E-state index contributed by atoms with van der Waals surface area (Å²) in [4.78, 5) is 12.2. The highest BCUT2D eigenvalue weighted by atomic mass is 79.9. The highest BCUT2D eigenvalue weighted by Crippen LogP contribution is 2.44. The zero-order chi connectivity index (χ0) is 20.2. The molecule has 0 saturated carbocycles. The van der Waals surface area contributed by atoms with E-state index in [1.54, 1.807) is 0 Å². The molecule has 0 spiro atoms. The number of hydrogen-bond acceptors (Lipinski definition) is 2. The third kappa shape index (κ3) is 4.24. The second kappa shape index (κ2) is 8.85. The van der Waals surface area contributed by atoms with Crippen molar-refractivity contribution >= 4 is 39.7 Å². The summed E-state index contributed by atoms with van der Waals surface area (Å²) >= 11 is 9.65. The first kappa shape index (κ1) is 19.7. The lowest BCUT2D eigenvalue weighted by molar-refractivity contribution is 0.144. The van der Waals surface area contributed by atoms with Crippen LogP contribution in [0.4, 0.5) is 4.79 Å². The Morgan fingerprint density at radius 2 is 1.66 bits per heavy atom. The molecule has 0 aliphatic heterocycles. The smallest absolute Gasteiger partial charge is 0.407 e. The van der Waals surface area contributed by atoms with E-state index in [0.717, 1.165) is 10.0 Å². The van der Waals surface area contributed by atoms with E-state index in [9.17, 15) is 4.79 Å². The summed E-state index contributed by atoms with van der Waals surface area (Å²) in [5.41, 5.74) is 5.70. The van der Waals surface area contributed by atoms with Gasteiger partial charge in [0.05, 0.1) is 0 Å². The zero-order valence-electron chi connectivity index (χ0n) is 15.6. The molecule has 0 aromatic heterocycles. The van der Waals surface area contributed by atoms with Gasteiger partial charge in [0, 0.05) is 27.5 Å². The Bertz CT molecular complexity index is 1010. The first-order valence-corrected chi connectivity index (χ1v) is 10.5. The SMILES string of the molecule is O=C(NCC=Cc1c(Cl)cccc1Br)OCC1c2ccccc2-c2ccccc21. The summed E-state index contributed by atoms with van der Waals surface area (Å²) in [6, 6.07) is 22.2. The Hall–Kier alpha value is -2.56. The van der Waals surface area contributed by atoms with Gasteiger partial charge >= 0.3 is 6.09 Å². The Balaban J connectivity index is 1.35. The maximum Gasteiger partial charge on any atom is 0.407 e. The Morgan fingerprint density at radius 3 is 2.31 bits per heavy atom. The maximum absolute atomic E-state index is 12.2. The van der Waals surface area contributed by atoms with Crippen molar-refractivity contribution in [2.45, 2.75) is 5.92 Å². The lowest BCUT2D eigenvalue weighted by atomic mass is 9.98. The Kier molecular flexibility index (Phi) is 6.02. The summed E-state index contributed by atoms with van der Waals surface area (Å²) in [7, 11) is 0. The number of amides is 1. The average molecular weight is 469 g/mol. The van der Waals surface area contributed by atoms with E-state index in [2.05, 4.69) is 45.5 Å². The minimum Gasteiger partial charge on any atom is -0.449 e. The number of alkyl carbamates (subject to hydrolysis) is 1. The van der Waals surface area contributed by atoms with E-state index in [-0.39, 0.29) is 5.92 Å². The summed E-state index contributed by atoms with van der Waals surface area (Å²) in [6.07, 6.45) is 3.28. The van der Waals surface area contributed by atoms with Crippen LogP contribution in [0.25, 0.3) is 17.2 Å². The molecule has 0 heterocycles. The molecule has 0 fully saturated rings. The molecule has 0 bridgehead atoms. The number of benzene rings is 3. The number of hydrogen-bond donors (Lipinski definition) is 1.